The van der Waals surface area contributed by atoms with Gasteiger partial charge in [0.25, 0.3) is 0 Å². The standard InChI is InChI=1S/C82H58N2/c1-81(2)73-38-17-19-40-75(73)82(76-41-20-18-39-74(76)81)72-37-16-13-34-67(72)68-50-46-58(53-77(68)82)55-44-48-61(49-45-55)83(78-42-21-14-35-69(78)66-33-12-11-32-65(66)64-31-10-9-30-63(64)56-24-5-3-6-25-56)62-29-23-26-57(52-62)59-47-51-71-70-36-15-22-43-79(70)84(80(71)54-59)60-27-7-4-8-28-60/h3-54H,1-2H3. The molecule has 1 heterocycles. The average Bonchev–Trinajstić information content (AvgIpc) is 2.22. The molecule has 2 heteroatoms. The molecule has 0 unspecified atom stereocenters. The Bertz CT molecular complexity index is 4820. The Morgan fingerprint density at radius 1 is 0.262 bits per heavy atom. The van der Waals surface area contributed by atoms with Crippen molar-refractivity contribution in [3.05, 3.63) is 349 Å². The second-order valence-electron chi connectivity index (χ2n) is 23.1. The number of rotatable bonds is 9. The predicted molar refractivity (Wildman–Crippen MR) is 352 cm³/mol. The second-order valence-corrected chi connectivity index (χ2v) is 23.1. The van der Waals surface area contributed by atoms with Crippen LogP contribution in [0.2, 0.25) is 0 Å². The lowest BCUT2D eigenvalue weighted by Gasteiger charge is -2.46. The SMILES string of the molecule is CC1(C)c2ccccc2C2(c3ccccc3-c3ccc(-c4ccc(N(c5cccc(-c6ccc7c8ccccc8n(-c8ccccc8)c7c6)c5)c5ccccc5-c5ccccc5-c5ccccc5-c5ccccc5)cc4)cc32)c2ccccc21. The van der Waals surface area contributed by atoms with Crippen molar-refractivity contribution in [3.8, 4) is 72.4 Å². The fourth-order valence-electron chi connectivity index (χ4n) is 14.5. The molecular formula is C82H58N2. The third kappa shape index (κ3) is 7.57. The van der Waals surface area contributed by atoms with Crippen molar-refractivity contribution < 1.29 is 0 Å². The molecule has 0 saturated heterocycles. The summed E-state index contributed by atoms with van der Waals surface area (Å²) in [5, 5.41) is 2.48. The maximum Gasteiger partial charge on any atom is 0.0719 e. The Labute approximate surface area is 491 Å². The van der Waals surface area contributed by atoms with E-state index in [1.807, 2.05) is 0 Å². The lowest BCUT2D eigenvalue weighted by Crippen LogP contribution is -2.40. The van der Waals surface area contributed by atoms with Crippen LogP contribution in [0.5, 0.6) is 0 Å². The number of benzene rings is 13. The van der Waals surface area contributed by atoms with Crippen LogP contribution < -0.4 is 4.90 Å². The van der Waals surface area contributed by atoms with Crippen LogP contribution >= 0.6 is 0 Å². The van der Waals surface area contributed by atoms with Crippen LogP contribution in [0.15, 0.2) is 315 Å². The molecule has 0 saturated carbocycles. The molecule has 2 nitrogen and oxygen atoms in total. The largest absolute Gasteiger partial charge is 0.310 e. The van der Waals surface area contributed by atoms with Crippen LogP contribution in [0.1, 0.15) is 47.2 Å². The van der Waals surface area contributed by atoms with Crippen molar-refractivity contribution in [1.29, 1.82) is 0 Å². The number of anilines is 3. The smallest absolute Gasteiger partial charge is 0.0719 e. The van der Waals surface area contributed by atoms with E-state index in [0.29, 0.717) is 0 Å². The molecule has 0 aliphatic heterocycles. The first-order valence-corrected chi connectivity index (χ1v) is 29.3. The highest BCUT2D eigenvalue weighted by molar-refractivity contribution is 6.10. The van der Waals surface area contributed by atoms with Gasteiger partial charge in [0, 0.05) is 38.8 Å². The van der Waals surface area contributed by atoms with E-state index >= 15 is 0 Å². The van der Waals surface area contributed by atoms with E-state index in [-0.39, 0.29) is 5.41 Å². The van der Waals surface area contributed by atoms with Crippen LogP contribution in [0.25, 0.3) is 94.3 Å². The molecule has 396 valence electrons. The molecule has 2 aliphatic rings. The minimum absolute atomic E-state index is 0.167. The highest BCUT2D eigenvalue weighted by atomic mass is 15.1. The average molecular weight is 1070 g/mol. The monoisotopic (exact) mass is 1070 g/mol. The summed E-state index contributed by atoms with van der Waals surface area (Å²) in [6, 6.07) is 117. The fraction of sp³-hybridized carbons (Fsp3) is 0.0488. The molecule has 0 atom stereocenters. The van der Waals surface area contributed by atoms with Gasteiger partial charge in [-0.25, -0.2) is 0 Å². The maximum atomic E-state index is 2.50. The Hall–Kier alpha value is -10.5. The third-order valence-corrected chi connectivity index (χ3v) is 18.3. The van der Waals surface area contributed by atoms with Crippen molar-refractivity contribution in [2.75, 3.05) is 4.90 Å². The molecule has 0 bridgehead atoms. The minimum Gasteiger partial charge on any atom is -0.310 e. The van der Waals surface area contributed by atoms with Gasteiger partial charge in [-0.3, -0.25) is 0 Å². The topological polar surface area (TPSA) is 8.17 Å². The van der Waals surface area contributed by atoms with Crippen LogP contribution in [-0.4, -0.2) is 4.57 Å². The Morgan fingerprint density at radius 3 is 1.45 bits per heavy atom. The van der Waals surface area contributed by atoms with E-state index in [1.54, 1.807) is 0 Å². The molecule has 2 aliphatic carbocycles. The summed E-state index contributed by atoms with van der Waals surface area (Å²) in [4.78, 5) is 2.47. The second kappa shape index (κ2) is 19.6. The summed E-state index contributed by atoms with van der Waals surface area (Å²) in [7, 11) is 0. The zero-order valence-electron chi connectivity index (χ0n) is 46.9. The zero-order chi connectivity index (χ0) is 55.9. The van der Waals surface area contributed by atoms with Crippen molar-refractivity contribution in [2.45, 2.75) is 24.7 Å². The van der Waals surface area contributed by atoms with Gasteiger partial charge in [-0.05, 0) is 155 Å². The molecule has 0 fully saturated rings. The molecule has 1 aromatic heterocycles. The predicted octanol–water partition coefficient (Wildman–Crippen LogP) is 21.6. The molecule has 0 N–H and O–H groups in total. The normalized spacial score (nSPS) is 13.3. The highest BCUT2D eigenvalue weighted by Crippen LogP contribution is 2.62. The summed E-state index contributed by atoms with van der Waals surface area (Å²) in [6.45, 7) is 4.79. The van der Waals surface area contributed by atoms with Gasteiger partial charge in [-0.15, -0.1) is 0 Å². The summed E-state index contributed by atoms with van der Waals surface area (Å²) in [6.07, 6.45) is 0. The van der Waals surface area contributed by atoms with Gasteiger partial charge in [0.1, 0.15) is 0 Å². The first kappa shape index (κ1) is 49.3. The number of hydrogen-bond donors (Lipinski definition) is 0. The number of aromatic nitrogens is 1. The van der Waals surface area contributed by atoms with Gasteiger partial charge >= 0.3 is 0 Å². The van der Waals surface area contributed by atoms with Gasteiger partial charge < -0.3 is 9.47 Å². The molecule has 1 spiro atoms. The molecule has 14 aromatic rings. The lowest BCUT2D eigenvalue weighted by atomic mass is 9.55. The van der Waals surface area contributed by atoms with Gasteiger partial charge in [-0.2, -0.15) is 0 Å². The first-order valence-electron chi connectivity index (χ1n) is 29.3. The van der Waals surface area contributed by atoms with Crippen LogP contribution in [0.4, 0.5) is 17.1 Å². The number of fused-ring (bicyclic) bond motifs is 12. The molecule has 0 amide bonds. The van der Waals surface area contributed by atoms with Crippen molar-refractivity contribution in [2.24, 2.45) is 0 Å². The number of hydrogen-bond acceptors (Lipinski definition) is 1. The number of para-hydroxylation sites is 3. The Morgan fingerprint density at radius 2 is 0.738 bits per heavy atom. The van der Waals surface area contributed by atoms with E-state index in [1.165, 1.54) is 94.1 Å². The number of nitrogens with zero attached hydrogens (tertiary/aromatic N) is 2. The molecular weight excluding hydrogens is 1010 g/mol. The minimum atomic E-state index is -0.476. The Balaban J connectivity index is 0.865. The molecule has 0 radical (unpaired) electrons. The van der Waals surface area contributed by atoms with Gasteiger partial charge in [0.15, 0.2) is 0 Å². The van der Waals surface area contributed by atoms with Crippen LogP contribution in [0.3, 0.4) is 0 Å². The van der Waals surface area contributed by atoms with Crippen LogP contribution in [-0.2, 0) is 10.8 Å². The first-order chi connectivity index (χ1) is 41.4. The molecule has 13 aromatic carbocycles. The van der Waals surface area contributed by atoms with E-state index in [9.17, 15) is 0 Å². The van der Waals surface area contributed by atoms with E-state index < -0.39 is 5.41 Å². The summed E-state index contributed by atoms with van der Waals surface area (Å²) < 4.78 is 2.41. The van der Waals surface area contributed by atoms with E-state index in [2.05, 4.69) is 339 Å². The summed E-state index contributed by atoms with van der Waals surface area (Å²) in [5.41, 5.74) is 28.6. The van der Waals surface area contributed by atoms with Crippen LogP contribution in [0, 0.1) is 0 Å². The molecule has 84 heavy (non-hydrogen) atoms. The fourth-order valence-corrected chi connectivity index (χ4v) is 14.5. The van der Waals surface area contributed by atoms with Crippen molar-refractivity contribution >= 4 is 38.9 Å². The highest BCUT2D eigenvalue weighted by Gasteiger charge is 2.53. The molecule has 16 rings (SSSR count). The van der Waals surface area contributed by atoms with E-state index in [4.69, 9.17) is 0 Å². The summed E-state index contributed by atoms with van der Waals surface area (Å²) >= 11 is 0. The zero-order valence-corrected chi connectivity index (χ0v) is 46.9. The van der Waals surface area contributed by atoms with Gasteiger partial charge in [0.05, 0.1) is 22.1 Å². The van der Waals surface area contributed by atoms with Gasteiger partial charge in [-0.1, -0.05) is 269 Å². The maximum absolute atomic E-state index is 2.50. The summed E-state index contributed by atoms with van der Waals surface area (Å²) in [5.74, 6) is 0. The lowest BCUT2D eigenvalue weighted by molar-refractivity contribution is 0.563. The Kier molecular flexibility index (Phi) is 11.5. The quantitative estimate of drug-likeness (QED) is 0.140. The third-order valence-electron chi connectivity index (χ3n) is 18.3. The van der Waals surface area contributed by atoms with E-state index in [0.717, 1.165) is 50.6 Å². The van der Waals surface area contributed by atoms with Crippen molar-refractivity contribution in [3.63, 3.8) is 0 Å². The van der Waals surface area contributed by atoms with Crippen molar-refractivity contribution in [1.82, 2.24) is 4.57 Å². The van der Waals surface area contributed by atoms with Gasteiger partial charge in [0.2, 0.25) is 0 Å².